The van der Waals surface area contributed by atoms with E-state index in [-0.39, 0.29) is 10.8 Å². The molecule has 6 atom stereocenters. The van der Waals surface area contributed by atoms with E-state index in [1.165, 1.54) is 48.4 Å². The first-order valence-corrected chi connectivity index (χ1v) is 16.2. The van der Waals surface area contributed by atoms with Gasteiger partial charge in [-0.3, -0.25) is 4.98 Å². The molecule has 0 amide bonds. The van der Waals surface area contributed by atoms with Gasteiger partial charge in [0, 0.05) is 40.5 Å². The molecule has 2 fully saturated rings. The highest BCUT2D eigenvalue weighted by Gasteiger charge is 2.57. The second-order valence-electron chi connectivity index (χ2n) is 13.9. The summed E-state index contributed by atoms with van der Waals surface area (Å²) >= 11 is 0. The van der Waals surface area contributed by atoms with Crippen molar-refractivity contribution in [2.75, 3.05) is 26.2 Å². The Balaban J connectivity index is 1.31. The molecular weight excluding hydrogens is 504 g/mol. The summed E-state index contributed by atoms with van der Waals surface area (Å²) in [4.78, 5) is 11.6. The lowest BCUT2D eigenvalue weighted by Gasteiger charge is -2.59. The number of nitrogens with zero attached hydrogens (tertiary/aromatic N) is 2. The number of aliphatic hydroxyl groups is 1. The first kappa shape index (κ1) is 25.9. The molecular formula is C36H44N4O. The van der Waals surface area contributed by atoms with Crippen LogP contribution in [-0.4, -0.2) is 57.8 Å². The van der Waals surface area contributed by atoms with Crippen LogP contribution < -0.4 is 5.32 Å². The number of aromatic amines is 1. The Bertz CT molecular complexity index is 1550. The van der Waals surface area contributed by atoms with E-state index >= 15 is 0 Å². The van der Waals surface area contributed by atoms with Gasteiger partial charge in [0.15, 0.2) is 0 Å². The molecule has 8 rings (SSSR count). The SMILES string of the molecule is O[C@]12C=C(c3nccc4c3[nH]c3ccccc34)[C@@H]3CCN4CCCC([C@@H]5/C=C\CCCCN5)(/C=C\CC1)C[C@@]3(C4)C2. The molecule has 214 valence electrons. The number of hydrogen-bond donors (Lipinski definition) is 3. The van der Waals surface area contributed by atoms with E-state index in [0.717, 1.165) is 75.0 Å². The van der Waals surface area contributed by atoms with E-state index in [1.807, 2.05) is 6.20 Å². The van der Waals surface area contributed by atoms with E-state index in [1.54, 1.807) is 0 Å². The van der Waals surface area contributed by atoms with Crippen molar-refractivity contribution in [3.63, 3.8) is 0 Å². The van der Waals surface area contributed by atoms with E-state index in [2.05, 4.69) is 75.9 Å². The summed E-state index contributed by atoms with van der Waals surface area (Å²) in [5, 5.41) is 18.9. The van der Waals surface area contributed by atoms with Crippen molar-refractivity contribution in [3.8, 4) is 0 Å². The number of para-hydroxylation sites is 1. The summed E-state index contributed by atoms with van der Waals surface area (Å²) in [6.07, 6.45) is 25.1. The van der Waals surface area contributed by atoms with Gasteiger partial charge in [0.1, 0.15) is 0 Å². The molecule has 5 nitrogen and oxygen atoms in total. The van der Waals surface area contributed by atoms with Crippen LogP contribution in [0, 0.1) is 16.7 Å². The third-order valence-corrected chi connectivity index (χ3v) is 11.3. The van der Waals surface area contributed by atoms with Crippen molar-refractivity contribution in [1.82, 2.24) is 20.2 Å². The number of pyridine rings is 1. The third kappa shape index (κ3) is 4.35. The smallest absolute Gasteiger partial charge is 0.0903 e. The zero-order valence-electron chi connectivity index (χ0n) is 24.2. The van der Waals surface area contributed by atoms with Crippen LogP contribution in [0.1, 0.15) is 69.9 Å². The van der Waals surface area contributed by atoms with Crippen LogP contribution in [0.25, 0.3) is 27.4 Å². The molecule has 5 aliphatic rings. The number of aromatic nitrogens is 2. The zero-order valence-corrected chi connectivity index (χ0v) is 24.2. The minimum absolute atomic E-state index is 0.0000691. The monoisotopic (exact) mass is 548 g/mol. The number of allylic oxidation sites excluding steroid dienone is 3. The summed E-state index contributed by atoms with van der Waals surface area (Å²) < 4.78 is 0. The van der Waals surface area contributed by atoms with Crippen LogP contribution in [0.3, 0.4) is 0 Å². The van der Waals surface area contributed by atoms with E-state index in [4.69, 9.17) is 4.98 Å². The van der Waals surface area contributed by atoms with Gasteiger partial charge in [0.05, 0.1) is 16.8 Å². The van der Waals surface area contributed by atoms with Crippen molar-refractivity contribution < 1.29 is 5.11 Å². The first-order chi connectivity index (χ1) is 20.1. The summed E-state index contributed by atoms with van der Waals surface area (Å²) in [5.74, 6) is 0.380. The van der Waals surface area contributed by atoms with Crippen LogP contribution >= 0.6 is 0 Å². The summed E-state index contributed by atoms with van der Waals surface area (Å²) in [5.41, 5.74) is 3.85. The van der Waals surface area contributed by atoms with Crippen molar-refractivity contribution in [1.29, 1.82) is 0 Å². The number of piperidine rings is 1. The molecule has 4 bridgehead atoms. The lowest BCUT2D eigenvalue weighted by molar-refractivity contribution is -0.0704. The van der Waals surface area contributed by atoms with Crippen LogP contribution in [0.15, 0.2) is 66.9 Å². The molecule has 1 spiro atoms. The maximum Gasteiger partial charge on any atom is 0.0903 e. The van der Waals surface area contributed by atoms with Gasteiger partial charge in [0.2, 0.25) is 0 Å². The number of fused-ring (bicyclic) bond motifs is 6. The lowest BCUT2D eigenvalue weighted by atomic mass is 9.51. The molecule has 3 aliphatic heterocycles. The van der Waals surface area contributed by atoms with Gasteiger partial charge in [0.25, 0.3) is 0 Å². The quantitative estimate of drug-likeness (QED) is 0.310. The minimum atomic E-state index is -0.825. The number of nitrogens with one attached hydrogen (secondary N) is 2. The number of hydrogen-bond acceptors (Lipinski definition) is 4. The minimum Gasteiger partial charge on any atom is -0.386 e. The topological polar surface area (TPSA) is 64.2 Å². The van der Waals surface area contributed by atoms with Gasteiger partial charge < -0.3 is 20.3 Å². The van der Waals surface area contributed by atoms with Crippen molar-refractivity contribution in [3.05, 3.63) is 72.6 Å². The zero-order chi connectivity index (χ0) is 27.5. The lowest BCUT2D eigenvalue weighted by Crippen LogP contribution is -2.59. The van der Waals surface area contributed by atoms with Gasteiger partial charge in [-0.1, -0.05) is 42.5 Å². The maximum atomic E-state index is 12.5. The van der Waals surface area contributed by atoms with Gasteiger partial charge in [-0.25, -0.2) is 0 Å². The molecule has 3 aromatic rings. The van der Waals surface area contributed by atoms with Crippen LogP contribution in [-0.2, 0) is 0 Å². The number of rotatable bonds is 2. The third-order valence-electron chi connectivity index (χ3n) is 11.3. The molecule has 5 heterocycles. The second kappa shape index (κ2) is 9.93. The van der Waals surface area contributed by atoms with Crippen molar-refractivity contribution in [2.24, 2.45) is 16.7 Å². The fourth-order valence-electron chi connectivity index (χ4n) is 9.67. The predicted octanol–water partition coefficient (Wildman–Crippen LogP) is 6.76. The van der Waals surface area contributed by atoms with Crippen LogP contribution in [0.5, 0.6) is 0 Å². The Morgan fingerprint density at radius 1 is 0.951 bits per heavy atom. The Labute approximate surface area is 243 Å². The molecule has 2 unspecified atom stereocenters. The van der Waals surface area contributed by atoms with Gasteiger partial charge in [-0.05, 0) is 119 Å². The Morgan fingerprint density at radius 2 is 1.90 bits per heavy atom. The Hall–Kier alpha value is -2.73. The van der Waals surface area contributed by atoms with Crippen molar-refractivity contribution >= 4 is 27.4 Å². The van der Waals surface area contributed by atoms with E-state index in [0.29, 0.717) is 12.0 Å². The van der Waals surface area contributed by atoms with E-state index < -0.39 is 5.60 Å². The molecule has 2 aromatic heterocycles. The number of H-pyrrole nitrogens is 1. The molecule has 1 aromatic carbocycles. The fraction of sp³-hybridized carbons (Fsp3) is 0.528. The summed E-state index contributed by atoms with van der Waals surface area (Å²) in [6, 6.07) is 11.1. The Morgan fingerprint density at radius 3 is 2.88 bits per heavy atom. The largest absolute Gasteiger partial charge is 0.386 e. The van der Waals surface area contributed by atoms with E-state index in [9.17, 15) is 5.11 Å². The fourth-order valence-corrected chi connectivity index (χ4v) is 9.67. The molecule has 3 N–H and O–H groups in total. The maximum absolute atomic E-state index is 12.5. The summed E-state index contributed by atoms with van der Waals surface area (Å²) in [7, 11) is 0. The van der Waals surface area contributed by atoms with Gasteiger partial charge in [-0.15, -0.1) is 0 Å². The normalized spacial score (nSPS) is 39.0. The molecule has 0 radical (unpaired) electrons. The molecule has 2 saturated heterocycles. The van der Waals surface area contributed by atoms with Crippen molar-refractivity contribution in [2.45, 2.75) is 75.9 Å². The van der Waals surface area contributed by atoms with Gasteiger partial charge >= 0.3 is 0 Å². The molecule has 2 aliphatic carbocycles. The average Bonchev–Trinajstić information content (AvgIpc) is 3.34. The predicted molar refractivity (Wildman–Crippen MR) is 168 cm³/mol. The molecule has 0 saturated carbocycles. The average molecular weight is 549 g/mol. The molecule has 41 heavy (non-hydrogen) atoms. The highest BCUT2D eigenvalue weighted by Crippen LogP contribution is 2.61. The standard InChI is InChI=1S/C36H44N4O/c41-36-17-7-6-15-34(31-12-3-1-2-8-18-37-31)16-9-20-40-21-14-29(35(23-34,24-36)25-40)28(22-36)32-33-27(13-19-38-32)26-10-4-5-11-30(26)39-33/h3-6,10-13,15,19,22,29,31,37,39,41H,1-2,7-9,14,16-18,20-21,23-25H2/b12-3-,15-6-/t29-,31-,34?,35-,36-/m0/s1. The highest BCUT2D eigenvalue weighted by atomic mass is 16.3. The Kier molecular flexibility index (Phi) is 6.28. The van der Waals surface area contributed by atoms with Gasteiger partial charge in [-0.2, -0.15) is 0 Å². The molecule has 5 heteroatoms. The first-order valence-electron chi connectivity index (χ1n) is 16.2. The van der Waals surface area contributed by atoms with Crippen LogP contribution in [0.4, 0.5) is 0 Å². The second-order valence-corrected chi connectivity index (χ2v) is 13.9. The number of benzene rings is 1. The van der Waals surface area contributed by atoms with Crippen LogP contribution in [0.2, 0.25) is 0 Å². The highest BCUT2D eigenvalue weighted by molar-refractivity contribution is 6.09. The summed E-state index contributed by atoms with van der Waals surface area (Å²) in [6.45, 7) is 4.46.